The van der Waals surface area contributed by atoms with Crippen molar-refractivity contribution in [1.82, 2.24) is 21.3 Å². The van der Waals surface area contributed by atoms with Crippen molar-refractivity contribution < 1.29 is 18.0 Å². The van der Waals surface area contributed by atoms with E-state index in [-0.39, 0.29) is 28.9 Å². The number of carbonyl (C=O) groups is 2. The average molecular weight is 492 g/mol. The first-order valence-electron chi connectivity index (χ1n) is 10.4. The van der Waals surface area contributed by atoms with Gasteiger partial charge in [-0.15, -0.1) is 0 Å². The minimum absolute atomic E-state index is 0.00227. The summed E-state index contributed by atoms with van der Waals surface area (Å²) in [5.41, 5.74) is 2.11. The number of nitrogens with one attached hydrogen (secondary N) is 4. The molecule has 0 radical (unpaired) electrons. The summed E-state index contributed by atoms with van der Waals surface area (Å²) in [6.07, 6.45) is 0.654. The molecule has 176 valence electrons. The molecule has 0 aromatic heterocycles. The van der Waals surface area contributed by atoms with Crippen LogP contribution in [0.3, 0.4) is 0 Å². The summed E-state index contributed by atoms with van der Waals surface area (Å²) in [5.74, 6) is -0.355. The molecule has 4 N–H and O–H groups in total. The Hall–Kier alpha value is -2.95. The summed E-state index contributed by atoms with van der Waals surface area (Å²) in [6.45, 7) is 1.64. The van der Waals surface area contributed by atoms with Crippen molar-refractivity contribution in [2.75, 3.05) is 38.6 Å². The maximum atomic E-state index is 12.3. The molecule has 3 rings (SSSR count). The lowest BCUT2D eigenvalue weighted by molar-refractivity contribution is -0.125. The molecule has 0 bridgehead atoms. The van der Waals surface area contributed by atoms with Crippen LogP contribution in [0.5, 0.6) is 0 Å². The monoisotopic (exact) mass is 491 g/mol. The van der Waals surface area contributed by atoms with Gasteiger partial charge in [0.05, 0.1) is 29.6 Å². The van der Waals surface area contributed by atoms with E-state index in [0.29, 0.717) is 13.0 Å². The quantitative estimate of drug-likeness (QED) is 0.362. The molecule has 0 unspecified atom stereocenters. The van der Waals surface area contributed by atoms with E-state index in [1.807, 2.05) is 24.3 Å². The third-order valence-electron chi connectivity index (χ3n) is 4.83. The van der Waals surface area contributed by atoms with Crippen LogP contribution >= 0.6 is 11.6 Å². The van der Waals surface area contributed by atoms with E-state index in [0.717, 1.165) is 30.1 Å². The van der Waals surface area contributed by atoms with Gasteiger partial charge in [0.1, 0.15) is 11.7 Å². The molecule has 0 aliphatic carbocycles. The van der Waals surface area contributed by atoms with Crippen LogP contribution in [-0.4, -0.2) is 64.7 Å². The van der Waals surface area contributed by atoms with Crippen molar-refractivity contribution in [3.05, 3.63) is 64.7 Å². The molecule has 2 aromatic rings. The lowest BCUT2D eigenvalue weighted by Crippen LogP contribution is -2.42. The highest BCUT2D eigenvalue weighted by atomic mass is 35.5. The van der Waals surface area contributed by atoms with Gasteiger partial charge in [-0.25, -0.2) is 8.42 Å². The fourth-order valence-electron chi connectivity index (χ4n) is 3.14. The Balaban J connectivity index is 1.31. The van der Waals surface area contributed by atoms with E-state index in [4.69, 9.17) is 11.6 Å². The van der Waals surface area contributed by atoms with E-state index in [9.17, 15) is 18.0 Å². The Morgan fingerprint density at radius 2 is 1.73 bits per heavy atom. The highest BCUT2D eigenvalue weighted by molar-refractivity contribution is 7.91. The number of rotatable bonds is 11. The summed E-state index contributed by atoms with van der Waals surface area (Å²) >= 11 is 5.91. The number of carbonyl (C=O) groups excluding carboxylic acids is 2. The number of hydrogen-bond acceptors (Lipinski definition) is 7. The predicted molar refractivity (Wildman–Crippen MR) is 127 cm³/mol. The summed E-state index contributed by atoms with van der Waals surface area (Å²) in [7, 11) is -3.68. The molecule has 1 aliphatic rings. The zero-order valence-electron chi connectivity index (χ0n) is 17.9. The van der Waals surface area contributed by atoms with E-state index >= 15 is 0 Å². The predicted octanol–water partition coefficient (Wildman–Crippen LogP) is 0.486. The molecule has 11 heteroatoms. The molecule has 0 fully saturated rings. The van der Waals surface area contributed by atoms with Gasteiger partial charge >= 0.3 is 0 Å². The van der Waals surface area contributed by atoms with Gasteiger partial charge in [-0.1, -0.05) is 48.0 Å². The molecule has 0 saturated carbocycles. The molecule has 9 nitrogen and oxygen atoms in total. The lowest BCUT2D eigenvalue weighted by atomic mass is 10.1. The van der Waals surface area contributed by atoms with Crippen LogP contribution in [0.25, 0.3) is 0 Å². The number of amides is 2. The standard InChI is InChI=1S/C22H26ClN5O4S/c23-18-3-1-2-4-19(18)33(31,32)15-24-13-20(29)28-14-21(30)25-10-9-16-5-7-17(8-6-16)22-26-11-12-27-22/h1-8,24H,9-15H2,(H,25,30)(H,26,27)(H,28,29). The minimum atomic E-state index is -3.68. The van der Waals surface area contributed by atoms with Gasteiger partial charge in [0, 0.05) is 18.7 Å². The maximum absolute atomic E-state index is 12.3. The first-order valence-corrected chi connectivity index (χ1v) is 12.5. The fraction of sp³-hybridized carbons (Fsp3) is 0.318. The van der Waals surface area contributed by atoms with Crippen LogP contribution in [0.1, 0.15) is 11.1 Å². The molecule has 1 heterocycles. The molecule has 2 aromatic carbocycles. The Morgan fingerprint density at radius 1 is 1.00 bits per heavy atom. The first kappa shape index (κ1) is 24.7. The Labute approximate surface area is 197 Å². The van der Waals surface area contributed by atoms with Crippen molar-refractivity contribution in [3.8, 4) is 0 Å². The zero-order valence-corrected chi connectivity index (χ0v) is 19.5. The summed E-state index contributed by atoms with van der Waals surface area (Å²) in [4.78, 5) is 28.2. The highest BCUT2D eigenvalue weighted by Gasteiger charge is 2.17. The molecule has 33 heavy (non-hydrogen) atoms. The van der Waals surface area contributed by atoms with E-state index in [2.05, 4.69) is 26.3 Å². The summed E-state index contributed by atoms with van der Waals surface area (Å²) < 4.78 is 24.5. The fourth-order valence-corrected chi connectivity index (χ4v) is 4.81. The molecule has 1 aliphatic heterocycles. The van der Waals surface area contributed by atoms with Crippen LogP contribution in [-0.2, 0) is 25.8 Å². The molecule has 2 amide bonds. The van der Waals surface area contributed by atoms with Gasteiger partial charge in [0.2, 0.25) is 11.8 Å². The van der Waals surface area contributed by atoms with Crippen molar-refractivity contribution in [1.29, 1.82) is 0 Å². The Bertz CT molecular complexity index is 1120. The average Bonchev–Trinajstić information content (AvgIpc) is 3.33. The number of hydrogen-bond donors (Lipinski definition) is 4. The molecular formula is C22H26ClN5O4S. The second-order valence-electron chi connectivity index (χ2n) is 7.35. The van der Waals surface area contributed by atoms with Crippen molar-refractivity contribution in [3.63, 3.8) is 0 Å². The topological polar surface area (TPSA) is 129 Å². The smallest absolute Gasteiger partial charge is 0.239 e. The normalized spacial score (nSPS) is 13.2. The van der Waals surface area contributed by atoms with Gasteiger partial charge in [0.25, 0.3) is 0 Å². The van der Waals surface area contributed by atoms with Gasteiger partial charge < -0.3 is 16.0 Å². The zero-order chi connectivity index (χ0) is 23.7. The van der Waals surface area contributed by atoms with Gasteiger partial charge in [0.15, 0.2) is 9.84 Å². The van der Waals surface area contributed by atoms with Crippen LogP contribution < -0.4 is 21.3 Å². The van der Waals surface area contributed by atoms with E-state index < -0.39 is 21.6 Å². The second-order valence-corrected chi connectivity index (χ2v) is 9.71. The number of aliphatic imine (C=N–C) groups is 1. The van der Waals surface area contributed by atoms with Crippen LogP contribution in [0, 0.1) is 0 Å². The number of nitrogens with zero attached hydrogens (tertiary/aromatic N) is 1. The lowest BCUT2D eigenvalue weighted by Gasteiger charge is -2.09. The number of sulfone groups is 1. The van der Waals surface area contributed by atoms with Gasteiger partial charge in [-0.05, 0) is 24.1 Å². The van der Waals surface area contributed by atoms with Gasteiger partial charge in [-0.3, -0.25) is 19.9 Å². The highest BCUT2D eigenvalue weighted by Crippen LogP contribution is 2.20. The van der Waals surface area contributed by atoms with Crippen LogP contribution in [0.4, 0.5) is 0 Å². The Kier molecular flexibility index (Phi) is 8.81. The van der Waals surface area contributed by atoms with Crippen molar-refractivity contribution in [2.45, 2.75) is 11.3 Å². The number of amidine groups is 1. The SMILES string of the molecule is O=C(CNCS(=O)(=O)c1ccccc1Cl)NCC(=O)NCCc1ccc(C2=NCCN2)cc1. The maximum Gasteiger partial charge on any atom is 0.239 e. The molecule has 0 spiro atoms. The minimum Gasteiger partial charge on any atom is -0.368 e. The molecular weight excluding hydrogens is 466 g/mol. The van der Waals surface area contributed by atoms with Crippen molar-refractivity contribution >= 4 is 39.1 Å². The third-order valence-corrected chi connectivity index (χ3v) is 6.88. The van der Waals surface area contributed by atoms with Crippen LogP contribution in [0.15, 0.2) is 58.4 Å². The van der Waals surface area contributed by atoms with Crippen LogP contribution in [0.2, 0.25) is 5.02 Å². The summed E-state index contributed by atoms with van der Waals surface area (Å²) in [5, 5.41) is 11.1. The number of benzene rings is 2. The largest absolute Gasteiger partial charge is 0.368 e. The van der Waals surface area contributed by atoms with E-state index in [1.165, 1.54) is 12.1 Å². The second kappa shape index (κ2) is 11.8. The summed E-state index contributed by atoms with van der Waals surface area (Å²) in [6, 6.07) is 14.1. The molecule has 0 saturated heterocycles. The van der Waals surface area contributed by atoms with Gasteiger partial charge in [-0.2, -0.15) is 0 Å². The molecule has 0 atom stereocenters. The third kappa shape index (κ3) is 7.55. The van der Waals surface area contributed by atoms with Crippen molar-refractivity contribution in [2.24, 2.45) is 4.99 Å². The Morgan fingerprint density at radius 3 is 2.42 bits per heavy atom. The van der Waals surface area contributed by atoms with E-state index in [1.54, 1.807) is 12.1 Å². The first-order chi connectivity index (χ1) is 15.8. The number of halogens is 1.